The Hall–Kier alpha value is -1.08. The summed E-state index contributed by atoms with van der Waals surface area (Å²) in [4.78, 5) is 11.3. The summed E-state index contributed by atoms with van der Waals surface area (Å²) >= 11 is 1.36. The summed E-state index contributed by atoms with van der Waals surface area (Å²) in [5.41, 5.74) is 5.33. The average Bonchev–Trinajstić information content (AvgIpc) is 2.64. The van der Waals surface area contributed by atoms with Gasteiger partial charge in [0.15, 0.2) is 0 Å². The molecule has 0 bridgehead atoms. The molecule has 1 heterocycles. The maximum absolute atomic E-state index is 11.3. The summed E-state index contributed by atoms with van der Waals surface area (Å²) in [5, 5.41) is 10.8. The fraction of sp³-hybridized carbons (Fsp3) is 0.667. The zero-order valence-electron chi connectivity index (χ0n) is 9.40. The van der Waals surface area contributed by atoms with Crippen molar-refractivity contribution in [3.05, 3.63) is 5.89 Å². The molecule has 0 saturated heterocycles. The molecule has 0 radical (unpaired) electrons. The average molecular weight is 244 g/mol. The van der Waals surface area contributed by atoms with Crippen LogP contribution >= 0.6 is 11.8 Å². The van der Waals surface area contributed by atoms with Gasteiger partial charge in [0.25, 0.3) is 5.22 Å². The van der Waals surface area contributed by atoms with E-state index in [1.807, 2.05) is 13.8 Å². The number of aromatic nitrogens is 2. The maximum Gasteiger partial charge on any atom is 0.276 e. The first kappa shape index (κ1) is 13.0. The first-order valence-corrected chi connectivity index (χ1v) is 6.05. The summed E-state index contributed by atoms with van der Waals surface area (Å²) < 4.78 is 5.18. The van der Waals surface area contributed by atoms with Gasteiger partial charge < -0.3 is 15.5 Å². The van der Waals surface area contributed by atoms with Gasteiger partial charge in [0.1, 0.15) is 0 Å². The second-order valence-corrected chi connectivity index (χ2v) is 4.53. The number of thioether (sulfide) groups is 1. The second kappa shape index (κ2) is 6.49. The molecule has 3 N–H and O–H groups in total. The number of hydrogen-bond donors (Lipinski definition) is 2. The van der Waals surface area contributed by atoms with E-state index in [-0.39, 0.29) is 18.5 Å². The van der Waals surface area contributed by atoms with E-state index in [1.165, 1.54) is 11.8 Å². The van der Waals surface area contributed by atoms with Gasteiger partial charge in [-0.2, -0.15) is 0 Å². The first-order chi connectivity index (χ1) is 7.61. The zero-order chi connectivity index (χ0) is 12.0. The van der Waals surface area contributed by atoms with Crippen LogP contribution in [0, 0.1) is 0 Å². The molecule has 7 heteroatoms. The number of nitrogens with two attached hydrogens (primary N) is 1. The van der Waals surface area contributed by atoms with Crippen LogP contribution in [0.3, 0.4) is 0 Å². The van der Waals surface area contributed by atoms with E-state index >= 15 is 0 Å². The van der Waals surface area contributed by atoms with E-state index in [0.717, 1.165) is 0 Å². The normalized spacial score (nSPS) is 10.8. The zero-order valence-corrected chi connectivity index (χ0v) is 10.2. The third kappa shape index (κ3) is 4.63. The molecule has 0 unspecified atom stereocenters. The van der Waals surface area contributed by atoms with Crippen LogP contribution in [0.5, 0.6) is 0 Å². The lowest BCUT2D eigenvalue weighted by molar-refractivity contribution is -0.121. The van der Waals surface area contributed by atoms with Gasteiger partial charge in [0.05, 0.1) is 6.54 Å². The molecule has 90 valence electrons. The number of rotatable bonds is 6. The Kier molecular flexibility index (Phi) is 5.27. The Labute approximate surface area is 98.4 Å². The maximum atomic E-state index is 11.3. The van der Waals surface area contributed by atoms with Crippen LogP contribution in [0.25, 0.3) is 0 Å². The molecule has 1 aromatic rings. The lowest BCUT2D eigenvalue weighted by atomic mass is 10.3. The van der Waals surface area contributed by atoms with E-state index < -0.39 is 0 Å². The lowest BCUT2D eigenvalue weighted by Crippen LogP contribution is -2.30. The number of carbonyl (C=O) groups is 1. The van der Waals surface area contributed by atoms with Crippen LogP contribution in [-0.2, 0) is 11.3 Å². The van der Waals surface area contributed by atoms with Crippen LogP contribution < -0.4 is 11.1 Å². The molecule has 1 amide bonds. The van der Waals surface area contributed by atoms with Gasteiger partial charge in [-0.3, -0.25) is 4.79 Å². The van der Waals surface area contributed by atoms with Crippen molar-refractivity contribution in [3.63, 3.8) is 0 Å². The van der Waals surface area contributed by atoms with Gasteiger partial charge in [-0.05, 0) is 13.8 Å². The minimum absolute atomic E-state index is 0.0288. The molecule has 0 aliphatic rings. The van der Waals surface area contributed by atoms with Crippen molar-refractivity contribution < 1.29 is 9.21 Å². The standard InChI is InChI=1S/C9H16N4O2S/c1-6(2)11-7(14)3-4-16-9-13-12-8(5-10)15-9/h6H,3-5,10H2,1-2H3,(H,11,14). The van der Waals surface area contributed by atoms with E-state index in [4.69, 9.17) is 10.2 Å². The monoisotopic (exact) mass is 244 g/mol. The summed E-state index contributed by atoms with van der Waals surface area (Å²) in [6, 6.07) is 0.171. The van der Waals surface area contributed by atoms with Crippen LogP contribution in [0.1, 0.15) is 26.2 Å². The van der Waals surface area contributed by atoms with Crippen molar-refractivity contribution in [1.29, 1.82) is 0 Å². The smallest absolute Gasteiger partial charge is 0.276 e. The van der Waals surface area contributed by atoms with Crippen molar-refractivity contribution >= 4 is 17.7 Å². The van der Waals surface area contributed by atoms with Crippen LogP contribution in [0.2, 0.25) is 0 Å². The molecule has 0 aromatic carbocycles. The lowest BCUT2D eigenvalue weighted by Gasteiger charge is -2.06. The van der Waals surface area contributed by atoms with Crippen molar-refractivity contribution in [2.75, 3.05) is 5.75 Å². The number of hydrogen-bond acceptors (Lipinski definition) is 6. The van der Waals surface area contributed by atoms with Crippen molar-refractivity contribution in [2.24, 2.45) is 5.73 Å². The highest BCUT2D eigenvalue weighted by Crippen LogP contribution is 2.16. The third-order valence-corrected chi connectivity index (χ3v) is 2.45. The SMILES string of the molecule is CC(C)NC(=O)CCSc1nnc(CN)o1. The molecule has 0 aliphatic heterocycles. The first-order valence-electron chi connectivity index (χ1n) is 5.06. The largest absolute Gasteiger partial charge is 0.415 e. The van der Waals surface area contributed by atoms with E-state index in [1.54, 1.807) is 0 Å². The quantitative estimate of drug-likeness (QED) is 0.709. The van der Waals surface area contributed by atoms with Gasteiger partial charge in [0, 0.05) is 18.2 Å². The second-order valence-electron chi connectivity index (χ2n) is 3.49. The van der Waals surface area contributed by atoms with Crippen molar-refractivity contribution in [2.45, 2.75) is 38.1 Å². The van der Waals surface area contributed by atoms with Gasteiger partial charge in [0.2, 0.25) is 11.8 Å². The molecule has 0 spiro atoms. The molecule has 1 rings (SSSR count). The minimum atomic E-state index is 0.0288. The molecule has 0 saturated carbocycles. The fourth-order valence-corrected chi connectivity index (χ4v) is 1.72. The highest BCUT2D eigenvalue weighted by Gasteiger charge is 2.07. The number of amides is 1. The van der Waals surface area contributed by atoms with Gasteiger partial charge >= 0.3 is 0 Å². The van der Waals surface area contributed by atoms with Crippen LogP contribution in [0.15, 0.2) is 9.64 Å². The predicted octanol–water partition coefficient (Wildman–Crippen LogP) is 0.535. The predicted molar refractivity (Wildman–Crippen MR) is 60.8 cm³/mol. The molecule has 0 aliphatic carbocycles. The van der Waals surface area contributed by atoms with Gasteiger partial charge in [-0.25, -0.2) is 0 Å². The molecule has 16 heavy (non-hydrogen) atoms. The summed E-state index contributed by atoms with van der Waals surface area (Å²) in [7, 11) is 0. The molecular weight excluding hydrogens is 228 g/mol. The summed E-state index contributed by atoms with van der Waals surface area (Å²) in [6.45, 7) is 4.09. The topological polar surface area (TPSA) is 94.0 Å². The fourth-order valence-electron chi connectivity index (χ4n) is 1.00. The summed E-state index contributed by atoms with van der Waals surface area (Å²) in [5.74, 6) is 1.06. The minimum Gasteiger partial charge on any atom is -0.415 e. The third-order valence-electron chi connectivity index (χ3n) is 1.63. The Morgan fingerprint density at radius 1 is 1.56 bits per heavy atom. The number of carbonyl (C=O) groups excluding carboxylic acids is 1. The Balaban J connectivity index is 2.22. The van der Waals surface area contributed by atoms with Crippen LogP contribution in [0.4, 0.5) is 0 Å². The number of nitrogens with one attached hydrogen (secondary N) is 1. The molecule has 6 nitrogen and oxygen atoms in total. The van der Waals surface area contributed by atoms with Crippen molar-refractivity contribution in [1.82, 2.24) is 15.5 Å². The highest BCUT2D eigenvalue weighted by molar-refractivity contribution is 7.99. The van der Waals surface area contributed by atoms with E-state index in [9.17, 15) is 4.79 Å². The summed E-state index contributed by atoms with van der Waals surface area (Å²) in [6.07, 6.45) is 0.434. The van der Waals surface area contributed by atoms with Crippen molar-refractivity contribution in [3.8, 4) is 0 Å². The highest BCUT2D eigenvalue weighted by atomic mass is 32.2. The molecule has 1 aromatic heterocycles. The molecule has 0 atom stereocenters. The van der Waals surface area contributed by atoms with Gasteiger partial charge in [-0.1, -0.05) is 11.8 Å². The Bertz CT molecular complexity index is 340. The molecule has 0 fully saturated rings. The van der Waals surface area contributed by atoms with Gasteiger partial charge in [-0.15, -0.1) is 10.2 Å². The Morgan fingerprint density at radius 2 is 2.31 bits per heavy atom. The van der Waals surface area contributed by atoms with E-state index in [0.29, 0.717) is 23.3 Å². The Morgan fingerprint density at radius 3 is 2.88 bits per heavy atom. The van der Waals surface area contributed by atoms with E-state index in [2.05, 4.69) is 15.5 Å². The molecular formula is C9H16N4O2S. The van der Waals surface area contributed by atoms with Crippen LogP contribution in [-0.4, -0.2) is 27.9 Å². The number of nitrogens with zero attached hydrogens (tertiary/aromatic N) is 2.